The third kappa shape index (κ3) is 5.16. The van der Waals surface area contributed by atoms with Crippen molar-refractivity contribution in [2.75, 3.05) is 32.1 Å². The lowest BCUT2D eigenvalue weighted by Gasteiger charge is -2.11. The topological polar surface area (TPSA) is 85.4 Å². The van der Waals surface area contributed by atoms with Crippen LogP contribution in [-0.2, 0) is 11.2 Å². The molecule has 7 heteroatoms. The van der Waals surface area contributed by atoms with Crippen molar-refractivity contribution in [2.45, 2.75) is 25.4 Å². The van der Waals surface area contributed by atoms with Crippen molar-refractivity contribution in [3.8, 4) is 5.75 Å². The maximum atomic E-state index is 12.2. The van der Waals surface area contributed by atoms with Gasteiger partial charge in [-0.3, -0.25) is 4.79 Å². The van der Waals surface area contributed by atoms with Crippen molar-refractivity contribution < 1.29 is 14.3 Å². The first-order valence-electron chi connectivity index (χ1n) is 8.84. The highest BCUT2D eigenvalue weighted by Crippen LogP contribution is 2.13. The van der Waals surface area contributed by atoms with Crippen molar-refractivity contribution in [3.05, 3.63) is 47.8 Å². The summed E-state index contributed by atoms with van der Waals surface area (Å²) in [5.74, 6) is 1.07. The van der Waals surface area contributed by atoms with Gasteiger partial charge in [0.1, 0.15) is 11.4 Å². The first-order chi connectivity index (χ1) is 12.7. The maximum Gasteiger partial charge on any atom is 0.270 e. The predicted molar refractivity (Wildman–Crippen MR) is 98.5 cm³/mol. The van der Waals surface area contributed by atoms with Gasteiger partial charge in [0, 0.05) is 25.9 Å². The van der Waals surface area contributed by atoms with Crippen molar-refractivity contribution in [2.24, 2.45) is 0 Å². The van der Waals surface area contributed by atoms with Crippen molar-refractivity contribution in [1.29, 1.82) is 0 Å². The van der Waals surface area contributed by atoms with E-state index in [-0.39, 0.29) is 12.0 Å². The van der Waals surface area contributed by atoms with E-state index >= 15 is 0 Å². The van der Waals surface area contributed by atoms with E-state index in [1.807, 2.05) is 24.3 Å². The van der Waals surface area contributed by atoms with E-state index in [1.165, 1.54) is 0 Å². The number of carbonyl (C=O) groups is 1. The van der Waals surface area contributed by atoms with Crippen LogP contribution in [0.5, 0.6) is 5.75 Å². The van der Waals surface area contributed by atoms with Crippen molar-refractivity contribution in [1.82, 2.24) is 15.3 Å². The standard InChI is InChI=1S/C19H24N4O3/c1-25-15-5-2-4-14(12-15)7-9-20-19-21-10-8-17(23-19)18(24)22-13-16-6-3-11-26-16/h2,4-5,8,10,12,16H,3,6-7,9,11,13H2,1H3,(H,22,24)(H,20,21,23). The Balaban J connectivity index is 1.49. The molecule has 0 radical (unpaired) electrons. The molecule has 2 heterocycles. The molecule has 1 atom stereocenters. The van der Waals surface area contributed by atoms with Crippen LogP contribution < -0.4 is 15.4 Å². The second-order valence-electron chi connectivity index (χ2n) is 6.14. The molecule has 2 aromatic rings. The number of nitrogens with one attached hydrogen (secondary N) is 2. The summed E-state index contributed by atoms with van der Waals surface area (Å²) in [5, 5.41) is 6.02. The van der Waals surface area contributed by atoms with E-state index in [0.717, 1.165) is 37.2 Å². The molecule has 1 amide bonds. The monoisotopic (exact) mass is 356 g/mol. The lowest BCUT2D eigenvalue weighted by Crippen LogP contribution is -2.32. The number of methoxy groups -OCH3 is 1. The van der Waals surface area contributed by atoms with Crippen LogP contribution in [0.15, 0.2) is 36.5 Å². The number of benzene rings is 1. The first kappa shape index (κ1) is 18.1. The molecule has 0 spiro atoms. The van der Waals surface area contributed by atoms with Gasteiger partial charge in [-0.2, -0.15) is 0 Å². The Labute approximate surface area is 153 Å². The lowest BCUT2D eigenvalue weighted by atomic mass is 10.1. The highest BCUT2D eigenvalue weighted by atomic mass is 16.5. The van der Waals surface area contributed by atoms with Crippen LogP contribution in [-0.4, -0.2) is 48.8 Å². The summed E-state index contributed by atoms with van der Waals surface area (Å²) >= 11 is 0. The van der Waals surface area contributed by atoms with Gasteiger partial charge in [0.15, 0.2) is 0 Å². The Hall–Kier alpha value is -2.67. The molecule has 138 valence electrons. The molecule has 1 aromatic heterocycles. The Kier molecular flexibility index (Phi) is 6.38. The molecule has 1 saturated heterocycles. The first-order valence-corrected chi connectivity index (χ1v) is 8.84. The van der Waals surface area contributed by atoms with Crippen LogP contribution in [0.1, 0.15) is 28.9 Å². The molecule has 1 unspecified atom stereocenters. The summed E-state index contributed by atoms with van der Waals surface area (Å²) in [6, 6.07) is 9.53. The molecule has 0 aliphatic carbocycles. The largest absolute Gasteiger partial charge is 0.497 e. The lowest BCUT2D eigenvalue weighted by molar-refractivity contribution is 0.0853. The number of nitrogens with zero attached hydrogens (tertiary/aromatic N) is 2. The van der Waals surface area contributed by atoms with Gasteiger partial charge in [-0.25, -0.2) is 9.97 Å². The Bertz CT molecular complexity index is 732. The van der Waals surface area contributed by atoms with Gasteiger partial charge in [0.25, 0.3) is 5.91 Å². The average Bonchev–Trinajstić information content (AvgIpc) is 3.20. The highest BCUT2D eigenvalue weighted by molar-refractivity contribution is 5.92. The van der Waals surface area contributed by atoms with Crippen LogP contribution in [0, 0.1) is 0 Å². The predicted octanol–water partition coefficient (Wildman–Crippen LogP) is 2.05. The fourth-order valence-electron chi connectivity index (χ4n) is 2.82. The van der Waals surface area contributed by atoms with Gasteiger partial charge in [-0.1, -0.05) is 12.1 Å². The van der Waals surface area contributed by atoms with Gasteiger partial charge in [0.2, 0.25) is 5.95 Å². The SMILES string of the molecule is COc1cccc(CCNc2nccc(C(=O)NCC3CCCO3)n2)c1. The van der Waals surface area contributed by atoms with Crippen molar-refractivity contribution in [3.63, 3.8) is 0 Å². The third-order valence-electron chi connectivity index (χ3n) is 4.23. The van der Waals surface area contributed by atoms with E-state index in [4.69, 9.17) is 9.47 Å². The molecule has 26 heavy (non-hydrogen) atoms. The zero-order valence-electron chi connectivity index (χ0n) is 14.9. The molecular formula is C19H24N4O3. The van der Waals surface area contributed by atoms with E-state index in [9.17, 15) is 4.79 Å². The zero-order valence-corrected chi connectivity index (χ0v) is 14.9. The number of amides is 1. The molecule has 0 bridgehead atoms. The molecule has 0 saturated carbocycles. The Morgan fingerprint density at radius 3 is 3.12 bits per heavy atom. The molecule has 1 aliphatic rings. The molecule has 1 fully saturated rings. The number of anilines is 1. The van der Waals surface area contributed by atoms with E-state index < -0.39 is 0 Å². The number of carbonyl (C=O) groups excluding carboxylic acids is 1. The minimum absolute atomic E-state index is 0.112. The summed E-state index contributed by atoms with van der Waals surface area (Å²) in [4.78, 5) is 20.7. The molecule has 2 N–H and O–H groups in total. The van der Waals surface area contributed by atoms with Gasteiger partial charge >= 0.3 is 0 Å². The third-order valence-corrected chi connectivity index (χ3v) is 4.23. The average molecular weight is 356 g/mol. The number of rotatable bonds is 8. The van der Waals surface area contributed by atoms with E-state index in [2.05, 4.69) is 20.6 Å². The second kappa shape index (κ2) is 9.15. The quantitative estimate of drug-likeness (QED) is 0.753. The molecular weight excluding hydrogens is 332 g/mol. The van der Waals surface area contributed by atoms with Crippen LogP contribution in [0.3, 0.4) is 0 Å². The summed E-state index contributed by atoms with van der Waals surface area (Å²) in [6.07, 6.45) is 4.54. The second-order valence-corrected chi connectivity index (χ2v) is 6.14. The summed E-state index contributed by atoms with van der Waals surface area (Å²) < 4.78 is 10.7. The van der Waals surface area contributed by atoms with Crippen LogP contribution in [0.25, 0.3) is 0 Å². The van der Waals surface area contributed by atoms with Gasteiger partial charge < -0.3 is 20.1 Å². The zero-order chi connectivity index (χ0) is 18.2. The molecule has 1 aromatic carbocycles. The van der Waals surface area contributed by atoms with Crippen LogP contribution in [0.2, 0.25) is 0 Å². The van der Waals surface area contributed by atoms with E-state index in [0.29, 0.717) is 24.7 Å². The number of aromatic nitrogens is 2. The minimum Gasteiger partial charge on any atom is -0.497 e. The smallest absolute Gasteiger partial charge is 0.270 e. The fourth-order valence-corrected chi connectivity index (χ4v) is 2.82. The minimum atomic E-state index is -0.209. The summed E-state index contributed by atoms with van der Waals surface area (Å²) in [5.41, 5.74) is 1.50. The molecule has 3 rings (SSSR count). The summed E-state index contributed by atoms with van der Waals surface area (Å²) in [7, 11) is 1.65. The number of hydrogen-bond acceptors (Lipinski definition) is 6. The normalized spacial score (nSPS) is 16.3. The maximum absolute atomic E-state index is 12.2. The van der Waals surface area contributed by atoms with Crippen molar-refractivity contribution >= 4 is 11.9 Å². The van der Waals surface area contributed by atoms with Crippen LogP contribution in [0.4, 0.5) is 5.95 Å². The van der Waals surface area contributed by atoms with E-state index in [1.54, 1.807) is 19.4 Å². The summed E-state index contributed by atoms with van der Waals surface area (Å²) in [6.45, 7) is 1.95. The van der Waals surface area contributed by atoms with Gasteiger partial charge in [-0.15, -0.1) is 0 Å². The van der Waals surface area contributed by atoms with Gasteiger partial charge in [0.05, 0.1) is 13.2 Å². The number of hydrogen-bond donors (Lipinski definition) is 2. The van der Waals surface area contributed by atoms with Crippen LogP contribution >= 0.6 is 0 Å². The highest BCUT2D eigenvalue weighted by Gasteiger charge is 2.17. The molecule has 1 aliphatic heterocycles. The number of ether oxygens (including phenoxy) is 2. The Morgan fingerprint density at radius 2 is 2.31 bits per heavy atom. The Morgan fingerprint density at radius 1 is 1.38 bits per heavy atom. The fraction of sp³-hybridized carbons (Fsp3) is 0.421. The van der Waals surface area contributed by atoms with Gasteiger partial charge in [-0.05, 0) is 43.0 Å². The molecule has 7 nitrogen and oxygen atoms in total.